The van der Waals surface area contributed by atoms with Crippen LogP contribution < -0.4 is 16.1 Å². The van der Waals surface area contributed by atoms with Gasteiger partial charge in [0.25, 0.3) is 5.91 Å². The predicted molar refractivity (Wildman–Crippen MR) is 134 cm³/mol. The van der Waals surface area contributed by atoms with Gasteiger partial charge < -0.3 is 10.6 Å². The summed E-state index contributed by atoms with van der Waals surface area (Å²) < 4.78 is 0. The molecule has 0 aliphatic rings. The van der Waals surface area contributed by atoms with E-state index in [0.717, 1.165) is 24.0 Å². The van der Waals surface area contributed by atoms with Gasteiger partial charge in [-0.1, -0.05) is 91.0 Å². The van der Waals surface area contributed by atoms with E-state index in [0.29, 0.717) is 19.4 Å². The van der Waals surface area contributed by atoms with Crippen LogP contribution in [0, 0.1) is 0 Å². The molecule has 1 atom stereocenters. The van der Waals surface area contributed by atoms with Crippen LogP contribution in [0.15, 0.2) is 91.0 Å². The van der Waals surface area contributed by atoms with E-state index in [1.54, 1.807) is 0 Å². The third-order valence-corrected chi connectivity index (χ3v) is 5.43. The first-order valence-corrected chi connectivity index (χ1v) is 11.7. The van der Waals surface area contributed by atoms with Crippen molar-refractivity contribution in [3.8, 4) is 0 Å². The van der Waals surface area contributed by atoms with Crippen molar-refractivity contribution in [1.82, 2.24) is 16.1 Å². The van der Waals surface area contributed by atoms with Crippen molar-refractivity contribution < 1.29 is 14.4 Å². The standard InChI is InChI=1S/C28H33N3O3/c32-27(19-18-24-13-6-2-7-14-24)30-21-26(29-20-10-17-23-11-4-1-5-12-23)28(33)31-34-22-25-15-8-3-9-16-25/h1-9,11-16,26,29H,10,17-22H2,(H,30,32)(H,31,33)/t26-/m0/s1. The second-order valence-corrected chi connectivity index (χ2v) is 8.13. The fourth-order valence-electron chi connectivity index (χ4n) is 3.51. The maximum absolute atomic E-state index is 12.7. The number of carbonyl (C=O) groups excluding carboxylic acids is 2. The number of nitrogens with one attached hydrogen (secondary N) is 3. The molecule has 0 spiro atoms. The molecule has 3 aromatic carbocycles. The summed E-state index contributed by atoms with van der Waals surface area (Å²) in [7, 11) is 0. The summed E-state index contributed by atoms with van der Waals surface area (Å²) in [6.07, 6.45) is 2.82. The van der Waals surface area contributed by atoms with Gasteiger partial charge in [0.15, 0.2) is 0 Å². The number of hydrogen-bond donors (Lipinski definition) is 3. The summed E-state index contributed by atoms with van der Waals surface area (Å²) in [4.78, 5) is 30.5. The van der Waals surface area contributed by atoms with Gasteiger partial charge in [-0.3, -0.25) is 14.4 Å². The first kappa shape index (κ1) is 25.1. The number of hydroxylamine groups is 1. The monoisotopic (exact) mass is 459 g/mol. The minimum Gasteiger partial charge on any atom is -0.354 e. The molecule has 34 heavy (non-hydrogen) atoms. The number of carbonyl (C=O) groups is 2. The second-order valence-electron chi connectivity index (χ2n) is 8.13. The molecule has 0 heterocycles. The zero-order valence-corrected chi connectivity index (χ0v) is 19.4. The number of benzene rings is 3. The highest BCUT2D eigenvalue weighted by Gasteiger charge is 2.19. The SMILES string of the molecule is O=C(CCc1ccccc1)NC[C@H](NCCCc1ccccc1)C(=O)NOCc1ccccc1. The van der Waals surface area contributed by atoms with Crippen LogP contribution in [0.1, 0.15) is 29.5 Å². The largest absolute Gasteiger partial charge is 0.354 e. The molecule has 6 heteroatoms. The fraction of sp³-hybridized carbons (Fsp3) is 0.286. The van der Waals surface area contributed by atoms with Crippen molar-refractivity contribution in [1.29, 1.82) is 0 Å². The molecule has 0 saturated heterocycles. The maximum Gasteiger partial charge on any atom is 0.262 e. The second kappa shape index (κ2) is 14.6. The van der Waals surface area contributed by atoms with Gasteiger partial charge in [0.05, 0.1) is 6.61 Å². The highest BCUT2D eigenvalue weighted by atomic mass is 16.6. The first-order valence-electron chi connectivity index (χ1n) is 11.7. The van der Waals surface area contributed by atoms with Crippen LogP contribution in [-0.4, -0.2) is 30.9 Å². The number of amides is 2. The lowest BCUT2D eigenvalue weighted by molar-refractivity contribution is -0.136. The van der Waals surface area contributed by atoms with Crippen LogP contribution in [0.3, 0.4) is 0 Å². The quantitative estimate of drug-likeness (QED) is 0.254. The van der Waals surface area contributed by atoms with Crippen LogP contribution >= 0.6 is 0 Å². The third kappa shape index (κ3) is 9.57. The molecule has 3 aromatic rings. The van der Waals surface area contributed by atoms with Gasteiger partial charge in [-0.05, 0) is 42.5 Å². The summed E-state index contributed by atoms with van der Waals surface area (Å²) in [5.41, 5.74) is 5.85. The number of rotatable bonds is 14. The van der Waals surface area contributed by atoms with Crippen molar-refractivity contribution >= 4 is 11.8 Å². The van der Waals surface area contributed by atoms with Gasteiger partial charge in [0.1, 0.15) is 6.04 Å². The summed E-state index contributed by atoms with van der Waals surface area (Å²) in [6, 6.07) is 29.1. The minimum absolute atomic E-state index is 0.0852. The Bertz CT molecular complexity index is 982. The average Bonchev–Trinajstić information content (AvgIpc) is 2.88. The molecule has 0 aliphatic carbocycles. The van der Waals surface area contributed by atoms with Crippen molar-refractivity contribution in [3.05, 3.63) is 108 Å². The zero-order chi connectivity index (χ0) is 23.8. The van der Waals surface area contributed by atoms with E-state index < -0.39 is 6.04 Å². The molecule has 0 radical (unpaired) electrons. The van der Waals surface area contributed by atoms with Gasteiger partial charge in [0.2, 0.25) is 5.91 Å². The smallest absolute Gasteiger partial charge is 0.262 e. The van der Waals surface area contributed by atoms with E-state index >= 15 is 0 Å². The lowest BCUT2D eigenvalue weighted by Gasteiger charge is -2.19. The van der Waals surface area contributed by atoms with Crippen molar-refractivity contribution in [2.75, 3.05) is 13.1 Å². The van der Waals surface area contributed by atoms with Crippen molar-refractivity contribution in [2.24, 2.45) is 0 Å². The van der Waals surface area contributed by atoms with E-state index in [2.05, 4.69) is 28.2 Å². The Kier molecular flexibility index (Phi) is 10.8. The molecule has 0 saturated carbocycles. The zero-order valence-electron chi connectivity index (χ0n) is 19.4. The Hall–Kier alpha value is -3.48. The summed E-state index contributed by atoms with van der Waals surface area (Å²) >= 11 is 0. The van der Waals surface area contributed by atoms with Gasteiger partial charge in [-0.25, -0.2) is 5.48 Å². The van der Waals surface area contributed by atoms with Gasteiger partial charge >= 0.3 is 0 Å². The molecule has 0 aromatic heterocycles. The summed E-state index contributed by atoms with van der Waals surface area (Å²) in [5.74, 6) is -0.392. The molecule has 3 rings (SSSR count). The highest BCUT2D eigenvalue weighted by Crippen LogP contribution is 2.04. The molecular weight excluding hydrogens is 426 g/mol. The Labute approximate surface area is 201 Å². The molecule has 3 N–H and O–H groups in total. The highest BCUT2D eigenvalue weighted by molar-refractivity contribution is 5.82. The van der Waals surface area contributed by atoms with E-state index in [1.807, 2.05) is 78.9 Å². The maximum atomic E-state index is 12.7. The average molecular weight is 460 g/mol. The Balaban J connectivity index is 1.45. The predicted octanol–water partition coefficient (Wildman–Crippen LogP) is 3.57. The van der Waals surface area contributed by atoms with Crippen LogP contribution in [0.4, 0.5) is 0 Å². The van der Waals surface area contributed by atoms with Crippen LogP contribution in [0.2, 0.25) is 0 Å². The Morgan fingerprint density at radius 2 is 1.29 bits per heavy atom. The van der Waals surface area contributed by atoms with Crippen LogP contribution in [-0.2, 0) is 33.9 Å². The normalized spacial score (nSPS) is 11.5. The van der Waals surface area contributed by atoms with Gasteiger partial charge in [-0.2, -0.15) is 0 Å². The van der Waals surface area contributed by atoms with Crippen LogP contribution in [0.5, 0.6) is 0 Å². The molecule has 0 fully saturated rings. The van der Waals surface area contributed by atoms with E-state index in [9.17, 15) is 9.59 Å². The lowest BCUT2D eigenvalue weighted by atomic mass is 10.1. The van der Waals surface area contributed by atoms with Crippen molar-refractivity contribution in [3.63, 3.8) is 0 Å². The topological polar surface area (TPSA) is 79.5 Å². The molecule has 0 unspecified atom stereocenters. The first-order chi connectivity index (χ1) is 16.7. The van der Waals surface area contributed by atoms with E-state index in [4.69, 9.17) is 4.84 Å². The lowest BCUT2D eigenvalue weighted by Crippen LogP contribution is -2.51. The summed E-state index contributed by atoms with van der Waals surface area (Å²) in [6.45, 7) is 1.11. The number of aryl methyl sites for hydroxylation is 2. The molecule has 6 nitrogen and oxygen atoms in total. The van der Waals surface area contributed by atoms with E-state index in [-0.39, 0.29) is 25.0 Å². The molecule has 0 aliphatic heterocycles. The Morgan fingerprint density at radius 3 is 1.91 bits per heavy atom. The van der Waals surface area contributed by atoms with Crippen molar-refractivity contribution in [2.45, 2.75) is 38.3 Å². The molecule has 2 amide bonds. The fourth-order valence-corrected chi connectivity index (χ4v) is 3.51. The third-order valence-electron chi connectivity index (χ3n) is 5.43. The van der Waals surface area contributed by atoms with Crippen LogP contribution in [0.25, 0.3) is 0 Å². The molecule has 0 bridgehead atoms. The molecular formula is C28H33N3O3. The minimum atomic E-state index is -0.591. The molecule has 178 valence electrons. The Morgan fingerprint density at radius 1 is 0.735 bits per heavy atom. The summed E-state index contributed by atoms with van der Waals surface area (Å²) in [5, 5.41) is 6.14. The number of hydrogen-bond acceptors (Lipinski definition) is 4. The van der Waals surface area contributed by atoms with Gasteiger partial charge in [0, 0.05) is 13.0 Å². The van der Waals surface area contributed by atoms with E-state index in [1.165, 1.54) is 5.56 Å². The van der Waals surface area contributed by atoms with Gasteiger partial charge in [-0.15, -0.1) is 0 Å².